The summed E-state index contributed by atoms with van der Waals surface area (Å²) in [5.41, 5.74) is 2.00. The molecule has 0 spiro atoms. The van der Waals surface area contributed by atoms with Crippen molar-refractivity contribution in [3.63, 3.8) is 0 Å². The van der Waals surface area contributed by atoms with Gasteiger partial charge in [0.2, 0.25) is 5.88 Å². The van der Waals surface area contributed by atoms with Crippen LogP contribution in [-0.2, 0) is 6.61 Å². The third-order valence-corrected chi connectivity index (χ3v) is 5.28. The van der Waals surface area contributed by atoms with Crippen molar-refractivity contribution in [2.45, 2.75) is 32.2 Å². The molecule has 0 saturated carbocycles. The van der Waals surface area contributed by atoms with Crippen molar-refractivity contribution >= 4 is 5.69 Å². The maximum Gasteiger partial charge on any atom is 0.213 e. The van der Waals surface area contributed by atoms with Crippen LogP contribution in [-0.4, -0.2) is 34.4 Å². The van der Waals surface area contributed by atoms with Gasteiger partial charge in [-0.25, -0.2) is 9.37 Å². The Morgan fingerprint density at radius 1 is 1.19 bits per heavy atom. The second-order valence-corrected chi connectivity index (χ2v) is 7.55. The Balaban J connectivity index is 1.49. The van der Waals surface area contributed by atoms with E-state index in [0.717, 1.165) is 24.2 Å². The topological polar surface area (TPSA) is 75.1 Å². The van der Waals surface area contributed by atoms with E-state index in [2.05, 4.69) is 9.88 Å². The molecule has 1 saturated heterocycles. The molecule has 1 aliphatic heterocycles. The highest BCUT2D eigenvalue weighted by Crippen LogP contribution is 2.34. The highest BCUT2D eigenvalue weighted by atomic mass is 19.1. The number of hydrogen-bond acceptors (Lipinski definition) is 6. The van der Waals surface area contributed by atoms with E-state index in [-0.39, 0.29) is 12.7 Å². The lowest BCUT2D eigenvalue weighted by Crippen LogP contribution is -2.25. The first-order valence-electron chi connectivity index (χ1n) is 10.3. The molecular formula is C24H25FN2O4. The molecule has 2 heterocycles. The minimum Gasteiger partial charge on any atom is -0.472 e. The van der Waals surface area contributed by atoms with Gasteiger partial charge in [-0.05, 0) is 49.4 Å². The van der Waals surface area contributed by atoms with Gasteiger partial charge in [0.15, 0.2) is 0 Å². The molecule has 1 fully saturated rings. The van der Waals surface area contributed by atoms with Crippen LogP contribution < -0.4 is 14.4 Å². The molecule has 0 bridgehead atoms. The predicted octanol–water partition coefficient (Wildman–Crippen LogP) is 4.22. The zero-order valence-corrected chi connectivity index (χ0v) is 17.2. The van der Waals surface area contributed by atoms with E-state index >= 15 is 0 Å². The van der Waals surface area contributed by atoms with Crippen molar-refractivity contribution in [2.24, 2.45) is 0 Å². The van der Waals surface area contributed by atoms with Gasteiger partial charge in [0.1, 0.15) is 23.4 Å². The second kappa shape index (κ2) is 9.32. The molecule has 0 radical (unpaired) electrons. The number of anilines is 1. The number of aliphatic hydroxyl groups is 2. The van der Waals surface area contributed by atoms with Gasteiger partial charge in [0.05, 0.1) is 19.3 Å². The maximum atomic E-state index is 13.5. The van der Waals surface area contributed by atoms with Gasteiger partial charge in [-0.15, -0.1) is 0 Å². The van der Waals surface area contributed by atoms with Crippen molar-refractivity contribution in [1.82, 2.24) is 4.98 Å². The number of rotatable bonds is 7. The first-order chi connectivity index (χ1) is 15.0. The summed E-state index contributed by atoms with van der Waals surface area (Å²) in [6, 6.07) is 15.1. The number of ether oxygens (including phenoxy) is 2. The summed E-state index contributed by atoms with van der Waals surface area (Å²) in [5, 5.41) is 19.9. The number of aliphatic hydroxyl groups excluding tert-OH is 2. The molecule has 7 heteroatoms. The molecule has 1 aliphatic rings. The zero-order valence-electron chi connectivity index (χ0n) is 17.2. The summed E-state index contributed by atoms with van der Waals surface area (Å²) < 4.78 is 25.4. The van der Waals surface area contributed by atoms with Crippen molar-refractivity contribution in [3.05, 3.63) is 77.7 Å². The number of aromatic nitrogens is 1. The molecule has 0 aliphatic carbocycles. The van der Waals surface area contributed by atoms with Crippen LogP contribution in [0.3, 0.4) is 0 Å². The monoisotopic (exact) mass is 424 g/mol. The number of hydrogen-bond donors (Lipinski definition) is 2. The fourth-order valence-corrected chi connectivity index (χ4v) is 3.76. The largest absolute Gasteiger partial charge is 0.472 e. The molecule has 2 aromatic carbocycles. The number of pyridine rings is 1. The van der Waals surface area contributed by atoms with Crippen molar-refractivity contribution < 1.29 is 24.1 Å². The maximum absolute atomic E-state index is 13.5. The molecule has 3 aromatic rings. The van der Waals surface area contributed by atoms with E-state index in [1.54, 1.807) is 25.3 Å². The summed E-state index contributed by atoms with van der Waals surface area (Å²) in [4.78, 5) is 6.38. The van der Waals surface area contributed by atoms with E-state index in [1.165, 1.54) is 18.2 Å². The Morgan fingerprint density at radius 2 is 2.06 bits per heavy atom. The summed E-state index contributed by atoms with van der Waals surface area (Å²) in [6.07, 6.45) is 1.70. The Kier molecular flexibility index (Phi) is 6.34. The average molecular weight is 424 g/mol. The van der Waals surface area contributed by atoms with E-state index in [4.69, 9.17) is 9.47 Å². The Labute approximate surface area is 180 Å². The fraction of sp³-hybridized carbons (Fsp3) is 0.292. The lowest BCUT2D eigenvalue weighted by Gasteiger charge is -2.22. The quantitative estimate of drug-likeness (QED) is 0.592. The van der Waals surface area contributed by atoms with Crippen LogP contribution in [0.2, 0.25) is 0 Å². The molecule has 1 unspecified atom stereocenters. The SMILES string of the molecule is CC(O)c1cc(F)ccc1Oc1ccc(N2CC[C@H](Oc3ccccn3)C2)c(CO)c1. The first-order valence-corrected chi connectivity index (χ1v) is 10.3. The summed E-state index contributed by atoms with van der Waals surface area (Å²) >= 11 is 0. The smallest absolute Gasteiger partial charge is 0.213 e. The number of nitrogens with zero attached hydrogens (tertiary/aromatic N) is 2. The summed E-state index contributed by atoms with van der Waals surface area (Å²) in [6.45, 7) is 2.89. The Hall–Kier alpha value is -3.16. The van der Waals surface area contributed by atoms with E-state index in [0.29, 0.717) is 29.5 Å². The summed E-state index contributed by atoms with van der Waals surface area (Å²) in [7, 11) is 0. The Bertz CT molecular complexity index is 1030. The van der Waals surface area contributed by atoms with Crippen molar-refractivity contribution in [2.75, 3.05) is 18.0 Å². The number of halogens is 1. The second-order valence-electron chi connectivity index (χ2n) is 7.55. The Morgan fingerprint density at radius 3 is 2.81 bits per heavy atom. The van der Waals surface area contributed by atoms with Crippen molar-refractivity contribution in [3.8, 4) is 17.4 Å². The lowest BCUT2D eigenvalue weighted by molar-refractivity contribution is 0.195. The highest BCUT2D eigenvalue weighted by molar-refractivity contribution is 5.57. The van der Waals surface area contributed by atoms with Gasteiger partial charge >= 0.3 is 0 Å². The van der Waals surface area contributed by atoms with Gasteiger partial charge in [-0.1, -0.05) is 6.07 Å². The van der Waals surface area contributed by atoms with Gasteiger partial charge in [-0.3, -0.25) is 0 Å². The first kappa shape index (κ1) is 21.1. The van der Waals surface area contributed by atoms with Gasteiger partial charge in [0, 0.05) is 42.0 Å². The standard InChI is InChI=1S/C24H25FN2O4/c1-16(29)21-13-18(25)5-8-23(21)30-19-6-7-22(17(12-19)15-28)27-11-9-20(14-27)31-24-4-2-3-10-26-24/h2-8,10,12-13,16,20,28-29H,9,11,14-15H2,1H3/t16?,20-/m0/s1. The van der Waals surface area contributed by atoms with Gasteiger partial charge in [0.25, 0.3) is 0 Å². The highest BCUT2D eigenvalue weighted by Gasteiger charge is 2.26. The summed E-state index contributed by atoms with van der Waals surface area (Å²) in [5.74, 6) is 1.04. The molecule has 31 heavy (non-hydrogen) atoms. The van der Waals surface area contributed by atoms with E-state index < -0.39 is 11.9 Å². The fourth-order valence-electron chi connectivity index (χ4n) is 3.76. The molecule has 1 aromatic heterocycles. The van der Waals surface area contributed by atoms with Gasteiger partial charge < -0.3 is 24.6 Å². The van der Waals surface area contributed by atoms with Crippen LogP contribution in [0.4, 0.5) is 10.1 Å². The van der Waals surface area contributed by atoms with Crippen LogP contribution in [0.1, 0.15) is 30.6 Å². The predicted molar refractivity (Wildman–Crippen MR) is 115 cm³/mol. The molecular weight excluding hydrogens is 399 g/mol. The third kappa shape index (κ3) is 4.95. The molecule has 2 atom stereocenters. The van der Waals surface area contributed by atoms with E-state index in [1.807, 2.05) is 24.3 Å². The minimum absolute atomic E-state index is 0.0187. The number of benzene rings is 2. The molecule has 0 amide bonds. The van der Waals surface area contributed by atoms with Crippen LogP contribution >= 0.6 is 0 Å². The van der Waals surface area contributed by atoms with Gasteiger partial charge in [-0.2, -0.15) is 0 Å². The lowest BCUT2D eigenvalue weighted by atomic mass is 10.1. The van der Waals surface area contributed by atoms with E-state index in [9.17, 15) is 14.6 Å². The molecule has 6 nitrogen and oxygen atoms in total. The average Bonchev–Trinajstić information content (AvgIpc) is 3.23. The minimum atomic E-state index is -0.872. The third-order valence-electron chi connectivity index (χ3n) is 5.28. The van der Waals surface area contributed by atoms with Crippen LogP contribution in [0.25, 0.3) is 0 Å². The molecule has 4 rings (SSSR count). The van der Waals surface area contributed by atoms with Crippen molar-refractivity contribution in [1.29, 1.82) is 0 Å². The normalized spacial score (nSPS) is 16.9. The van der Waals surface area contributed by atoms with Crippen LogP contribution in [0.5, 0.6) is 17.4 Å². The molecule has 162 valence electrons. The zero-order chi connectivity index (χ0) is 21.8. The molecule has 2 N–H and O–H groups in total. The van der Waals surface area contributed by atoms with Crippen LogP contribution in [0, 0.1) is 5.82 Å². The van der Waals surface area contributed by atoms with Crippen LogP contribution in [0.15, 0.2) is 60.8 Å².